The van der Waals surface area contributed by atoms with Gasteiger partial charge in [0.1, 0.15) is 0 Å². The van der Waals surface area contributed by atoms with Gasteiger partial charge in [-0.3, -0.25) is 5.10 Å². The van der Waals surface area contributed by atoms with Gasteiger partial charge in [-0.1, -0.05) is 34.5 Å². The minimum atomic E-state index is 0.627. The Bertz CT molecular complexity index is 607. The first-order valence-corrected chi connectivity index (χ1v) is 7.64. The molecule has 1 heterocycles. The number of hydrogen-bond donors (Lipinski definition) is 2. The third-order valence-corrected chi connectivity index (χ3v) is 5.22. The van der Waals surface area contributed by atoms with Crippen molar-refractivity contribution in [1.82, 2.24) is 10.2 Å². The SMILES string of the molecule is Nc1n[nH]c(C2C3CCCC32)c1-c1ccc(Br)cc1. The minimum absolute atomic E-state index is 0.627. The number of nitrogen functional groups attached to an aromatic ring is 1. The van der Waals surface area contributed by atoms with Gasteiger partial charge in [-0.05, 0) is 42.4 Å². The summed E-state index contributed by atoms with van der Waals surface area (Å²) in [6.07, 6.45) is 4.13. The average molecular weight is 318 g/mol. The zero-order chi connectivity index (χ0) is 13.0. The van der Waals surface area contributed by atoms with Gasteiger partial charge in [0, 0.05) is 21.6 Å². The van der Waals surface area contributed by atoms with Crippen LogP contribution in [0.2, 0.25) is 0 Å². The fraction of sp³-hybridized carbons (Fsp3) is 0.400. The van der Waals surface area contributed by atoms with Crippen molar-refractivity contribution in [1.29, 1.82) is 0 Å². The molecule has 2 aliphatic carbocycles. The van der Waals surface area contributed by atoms with E-state index in [2.05, 4.69) is 50.4 Å². The zero-order valence-corrected chi connectivity index (χ0v) is 12.2. The van der Waals surface area contributed by atoms with Crippen LogP contribution < -0.4 is 5.73 Å². The number of nitrogens with two attached hydrogens (primary N) is 1. The standard InChI is InChI=1S/C15H16BrN3/c16-9-6-4-8(5-7-9)12-14(18-19-15(12)17)13-10-2-1-3-11(10)13/h4-7,10-11,13H,1-3H2,(H3,17,18,19). The monoisotopic (exact) mass is 317 g/mol. The van der Waals surface area contributed by atoms with Crippen molar-refractivity contribution in [3.8, 4) is 11.1 Å². The molecule has 2 aromatic rings. The van der Waals surface area contributed by atoms with Crippen LogP contribution in [0.3, 0.4) is 0 Å². The van der Waals surface area contributed by atoms with Crippen molar-refractivity contribution in [2.45, 2.75) is 25.2 Å². The van der Waals surface area contributed by atoms with Crippen LogP contribution in [0.4, 0.5) is 5.82 Å². The van der Waals surface area contributed by atoms with Gasteiger partial charge < -0.3 is 5.73 Å². The van der Waals surface area contributed by atoms with Gasteiger partial charge in [-0.15, -0.1) is 0 Å². The number of halogens is 1. The highest BCUT2D eigenvalue weighted by Gasteiger charge is 2.54. The summed E-state index contributed by atoms with van der Waals surface area (Å²) in [6, 6.07) is 8.32. The molecule has 2 unspecified atom stereocenters. The van der Waals surface area contributed by atoms with Gasteiger partial charge in [-0.2, -0.15) is 5.10 Å². The van der Waals surface area contributed by atoms with Crippen LogP contribution >= 0.6 is 15.9 Å². The smallest absolute Gasteiger partial charge is 0.153 e. The molecule has 0 radical (unpaired) electrons. The Labute approximate surface area is 120 Å². The molecule has 0 amide bonds. The molecule has 19 heavy (non-hydrogen) atoms. The molecule has 4 rings (SSSR count). The van der Waals surface area contributed by atoms with Crippen molar-refractivity contribution in [2.75, 3.05) is 5.73 Å². The van der Waals surface area contributed by atoms with Crippen molar-refractivity contribution < 1.29 is 0 Å². The molecule has 1 aromatic carbocycles. The van der Waals surface area contributed by atoms with E-state index in [0.717, 1.165) is 27.4 Å². The number of aromatic amines is 1. The second kappa shape index (κ2) is 4.10. The van der Waals surface area contributed by atoms with Crippen molar-refractivity contribution in [3.05, 3.63) is 34.4 Å². The lowest BCUT2D eigenvalue weighted by Crippen LogP contribution is -1.93. The first kappa shape index (κ1) is 11.5. The van der Waals surface area contributed by atoms with E-state index >= 15 is 0 Å². The van der Waals surface area contributed by atoms with E-state index in [9.17, 15) is 0 Å². The lowest BCUT2D eigenvalue weighted by atomic mass is 9.99. The van der Waals surface area contributed by atoms with Crippen molar-refractivity contribution >= 4 is 21.7 Å². The van der Waals surface area contributed by atoms with Crippen molar-refractivity contribution in [3.63, 3.8) is 0 Å². The number of fused-ring (bicyclic) bond motifs is 1. The summed E-state index contributed by atoms with van der Waals surface area (Å²) in [5.41, 5.74) is 9.61. The minimum Gasteiger partial charge on any atom is -0.382 e. The first-order valence-electron chi connectivity index (χ1n) is 6.85. The van der Waals surface area contributed by atoms with Crippen LogP contribution in [0.1, 0.15) is 30.9 Å². The fourth-order valence-electron chi connectivity index (χ4n) is 3.78. The number of hydrogen-bond acceptors (Lipinski definition) is 2. The Hall–Kier alpha value is -1.29. The van der Waals surface area contributed by atoms with E-state index in [1.54, 1.807) is 0 Å². The quantitative estimate of drug-likeness (QED) is 0.881. The molecule has 1 aromatic heterocycles. The molecule has 2 atom stereocenters. The lowest BCUT2D eigenvalue weighted by Gasteiger charge is -2.06. The molecule has 0 spiro atoms. The number of nitrogens with zero attached hydrogens (tertiary/aromatic N) is 1. The number of nitrogens with one attached hydrogen (secondary N) is 1. The summed E-state index contributed by atoms with van der Waals surface area (Å²) in [5, 5.41) is 7.44. The molecular weight excluding hydrogens is 302 g/mol. The Balaban J connectivity index is 1.75. The number of aromatic nitrogens is 2. The van der Waals surface area contributed by atoms with E-state index in [1.165, 1.54) is 25.0 Å². The van der Waals surface area contributed by atoms with Gasteiger partial charge in [0.2, 0.25) is 0 Å². The number of rotatable bonds is 2. The Morgan fingerprint density at radius 3 is 2.53 bits per heavy atom. The molecule has 4 heteroatoms. The molecule has 2 aliphatic rings. The topological polar surface area (TPSA) is 54.7 Å². The number of H-pyrrole nitrogens is 1. The summed E-state index contributed by atoms with van der Waals surface area (Å²) in [4.78, 5) is 0. The van der Waals surface area contributed by atoms with E-state index in [4.69, 9.17) is 5.73 Å². The van der Waals surface area contributed by atoms with Gasteiger partial charge in [0.15, 0.2) is 5.82 Å². The Kier molecular flexibility index (Phi) is 2.49. The maximum Gasteiger partial charge on any atom is 0.153 e. The lowest BCUT2D eigenvalue weighted by molar-refractivity contribution is 0.670. The molecule has 2 fully saturated rings. The second-order valence-electron chi connectivity index (χ2n) is 5.69. The summed E-state index contributed by atoms with van der Waals surface area (Å²) in [7, 11) is 0. The van der Waals surface area contributed by atoms with Gasteiger partial charge in [0.25, 0.3) is 0 Å². The molecule has 0 aliphatic heterocycles. The third-order valence-electron chi connectivity index (χ3n) is 4.70. The number of benzene rings is 1. The van der Waals surface area contributed by atoms with Gasteiger partial charge in [-0.25, -0.2) is 0 Å². The van der Waals surface area contributed by atoms with E-state index in [-0.39, 0.29) is 0 Å². The second-order valence-corrected chi connectivity index (χ2v) is 6.60. The highest BCUT2D eigenvalue weighted by Crippen LogP contribution is 2.64. The first-order chi connectivity index (χ1) is 9.25. The van der Waals surface area contributed by atoms with Crippen LogP contribution in [0, 0.1) is 11.8 Å². The summed E-state index contributed by atoms with van der Waals surface area (Å²) in [6.45, 7) is 0. The molecule has 98 valence electrons. The zero-order valence-electron chi connectivity index (χ0n) is 10.6. The number of anilines is 1. The van der Waals surface area contributed by atoms with E-state index < -0.39 is 0 Å². The Morgan fingerprint density at radius 2 is 1.84 bits per heavy atom. The summed E-state index contributed by atoms with van der Waals surface area (Å²) < 4.78 is 1.09. The summed E-state index contributed by atoms with van der Waals surface area (Å²) >= 11 is 3.47. The molecule has 3 N–H and O–H groups in total. The highest BCUT2D eigenvalue weighted by molar-refractivity contribution is 9.10. The van der Waals surface area contributed by atoms with Gasteiger partial charge in [0.05, 0.1) is 0 Å². The van der Waals surface area contributed by atoms with Gasteiger partial charge >= 0.3 is 0 Å². The molecule has 0 bridgehead atoms. The highest BCUT2D eigenvalue weighted by atomic mass is 79.9. The van der Waals surface area contributed by atoms with E-state index in [0.29, 0.717) is 11.7 Å². The maximum atomic E-state index is 6.07. The molecule has 0 saturated heterocycles. The summed E-state index contributed by atoms with van der Waals surface area (Å²) in [5.74, 6) is 3.03. The third kappa shape index (κ3) is 1.73. The molecule has 2 saturated carbocycles. The molecular formula is C15H16BrN3. The van der Waals surface area contributed by atoms with Crippen LogP contribution in [0.25, 0.3) is 11.1 Å². The van der Waals surface area contributed by atoms with Crippen LogP contribution in [0.15, 0.2) is 28.7 Å². The van der Waals surface area contributed by atoms with E-state index in [1.807, 2.05) is 0 Å². The maximum absolute atomic E-state index is 6.07. The van der Waals surface area contributed by atoms with Crippen LogP contribution in [-0.4, -0.2) is 10.2 Å². The fourth-order valence-corrected chi connectivity index (χ4v) is 4.05. The Morgan fingerprint density at radius 1 is 1.16 bits per heavy atom. The van der Waals surface area contributed by atoms with Crippen LogP contribution in [0.5, 0.6) is 0 Å². The normalized spacial score (nSPS) is 28.4. The van der Waals surface area contributed by atoms with Crippen LogP contribution in [-0.2, 0) is 0 Å². The van der Waals surface area contributed by atoms with Crippen molar-refractivity contribution in [2.24, 2.45) is 11.8 Å². The predicted octanol–water partition coefficient (Wildman–Crippen LogP) is 3.93. The average Bonchev–Trinajstić information content (AvgIpc) is 2.78. The predicted molar refractivity (Wildman–Crippen MR) is 79.7 cm³/mol. The largest absolute Gasteiger partial charge is 0.382 e. The molecule has 3 nitrogen and oxygen atoms in total.